The fourth-order valence-electron chi connectivity index (χ4n) is 2.81. The number of thiophene rings is 1. The van der Waals surface area contributed by atoms with E-state index in [1.165, 1.54) is 35.5 Å². The third-order valence-corrected chi connectivity index (χ3v) is 5.48. The first-order valence-electron chi connectivity index (χ1n) is 9.58. The van der Waals surface area contributed by atoms with Gasteiger partial charge in [-0.15, -0.1) is 11.3 Å². The first-order chi connectivity index (χ1) is 15.4. The molecule has 1 atom stereocenters. The molecule has 0 spiro atoms. The molecule has 1 aliphatic rings. The lowest BCUT2D eigenvalue weighted by Gasteiger charge is -2.35. The number of nitrogens with one attached hydrogen (secondary N) is 3. The second kappa shape index (κ2) is 11.0. The number of morpholine rings is 1. The number of carbonyl (C=O) groups is 3. The molecule has 1 aromatic heterocycles. The summed E-state index contributed by atoms with van der Waals surface area (Å²) in [4.78, 5) is 41.8. The number of hydrogen-bond acceptors (Lipinski definition) is 8. The summed E-state index contributed by atoms with van der Waals surface area (Å²) in [5.41, 5.74) is 6.21. The molecule has 1 saturated heterocycles. The molecule has 0 radical (unpaired) electrons. The highest BCUT2D eigenvalue weighted by molar-refractivity contribution is 7.16. The molecular formula is C19H23F3N6O4S. The molecule has 5 N–H and O–H groups in total. The van der Waals surface area contributed by atoms with Crippen molar-refractivity contribution < 1.29 is 32.3 Å². The second-order valence-electron chi connectivity index (χ2n) is 6.93. The van der Waals surface area contributed by atoms with Crippen LogP contribution in [0.1, 0.15) is 21.5 Å². The third-order valence-electron chi connectivity index (χ3n) is 4.38. The van der Waals surface area contributed by atoms with Crippen molar-refractivity contribution in [2.24, 2.45) is 10.7 Å². The molecular weight excluding hydrogens is 465 g/mol. The number of halogens is 3. The highest BCUT2D eigenvalue weighted by Crippen LogP contribution is 2.19. The summed E-state index contributed by atoms with van der Waals surface area (Å²) in [5, 5.41) is 11.7. The molecule has 0 aliphatic carbocycles. The monoisotopic (exact) mass is 488 g/mol. The van der Waals surface area contributed by atoms with E-state index in [1.807, 2.05) is 0 Å². The average molecular weight is 488 g/mol. The Balaban J connectivity index is 2.01. The fourth-order valence-corrected chi connectivity index (χ4v) is 3.64. The van der Waals surface area contributed by atoms with E-state index in [0.717, 1.165) is 11.3 Å². The lowest BCUT2D eigenvalue weighted by atomic mass is 10.1. The zero-order valence-electron chi connectivity index (χ0n) is 17.8. The first kappa shape index (κ1) is 26.0. The molecule has 1 aromatic rings. The molecule has 1 aliphatic heterocycles. The van der Waals surface area contributed by atoms with Crippen LogP contribution in [0.2, 0.25) is 0 Å². The maximum atomic E-state index is 12.8. The molecule has 10 nitrogen and oxygen atoms in total. The molecule has 180 valence electrons. The van der Waals surface area contributed by atoms with E-state index in [2.05, 4.69) is 10.3 Å². The number of carbonyl (C=O) groups excluding carboxylic acids is 3. The molecule has 2 rings (SSSR count). The molecule has 0 saturated carbocycles. The molecule has 0 bridgehead atoms. The van der Waals surface area contributed by atoms with Gasteiger partial charge >= 0.3 is 12.1 Å². The van der Waals surface area contributed by atoms with Gasteiger partial charge in [-0.05, 0) is 25.1 Å². The Kier molecular flexibility index (Phi) is 8.70. The largest absolute Gasteiger partial charge is 0.471 e. The summed E-state index contributed by atoms with van der Waals surface area (Å²) >= 11 is 0.740. The Morgan fingerprint density at radius 3 is 2.64 bits per heavy atom. The predicted molar refractivity (Wildman–Crippen MR) is 115 cm³/mol. The zero-order valence-corrected chi connectivity index (χ0v) is 18.6. The Hall–Kier alpha value is -3.26. The smallest absolute Gasteiger partial charge is 0.402 e. The maximum absolute atomic E-state index is 12.8. The fraction of sp³-hybridized carbons (Fsp3) is 0.421. The number of amides is 3. The number of nitrogens with two attached hydrogens (primary N) is 1. The Morgan fingerprint density at radius 2 is 2.03 bits per heavy atom. The number of aliphatic imine (C=N–C) groups is 1. The van der Waals surface area contributed by atoms with Gasteiger partial charge in [0.05, 0.1) is 29.0 Å². The first-order valence-corrected chi connectivity index (χ1v) is 10.4. The lowest BCUT2D eigenvalue weighted by Crippen LogP contribution is -2.55. The van der Waals surface area contributed by atoms with E-state index in [-0.39, 0.29) is 41.1 Å². The van der Waals surface area contributed by atoms with E-state index in [1.54, 1.807) is 6.92 Å². The number of nitrogens with zero attached hydrogens (tertiary/aromatic N) is 2. The minimum absolute atomic E-state index is 0.0247. The molecule has 0 aromatic carbocycles. The molecule has 14 heteroatoms. The van der Waals surface area contributed by atoms with E-state index >= 15 is 0 Å². The van der Waals surface area contributed by atoms with Crippen LogP contribution in [-0.4, -0.2) is 79.7 Å². The normalized spacial score (nSPS) is 17.5. The number of allylic oxidation sites excluding steroid dienone is 1. The average Bonchev–Trinajstić information content (AvgIpc) is 3.25. The number of hydrogen-bond donors (Lipinski definition) is 4. The van der Waals surface area contributed by atoms with Crippen LogP contribution >= 0.6 is 11.3 Å². The van der Waals surface area contributed by atoms with Gasteiger partial charge in [-0.25, -0.2) is 0 Å². The Labute approximate surface area is 191 Å². The summed E-state index contributed by atoms with van der Waals surface area (Å²) < 4.78 is 42.4. The van der Waals surface area contributed by atoms with Gasteiger partial charge in [0.15, 0.2) is 0 Å². The summed E-state index contributed by atoms with van der Waals surface area (Å²) in [6.07, 6.45) is -3.68. The van der Waals surface area contributed by atoms with Crippen molar-refractivity contribution >= 4 is 40.6 Å². The van der Waals surface area contributed by atoms with Gasteiger partial charge < -0.3 is 26.0 Å². The van der Waals surface area contributed by atoms with Crippen LogP contribution in [0, 0.1) is 5.41 Å². The standard InChI is InChI=1S/C19H23F3N6O4S/c1-10(23)7-12(25-2)17(30)28-5-6-32-9-11(28)8-26-16(29)14-4-3-13(33-14)15(24)27-18(31)19(20,21)22/h3-4,7,11H,5-6,8-9,23H2,1-2H3,(H,26,29)(H2,24,27,31). The predicted octanol–water partition coefficient (Wildman–Crippen LogP) is 0.642. The summed E-state index contributed by atoms with van der Waals surface area (Å²) in [6.45, 7) is 2.45. The van der Waals surface area contributed by atoms with E-state index in [9.17, 15) is 27.6 Å². The maximum Gasteiger partial charge on any atom is 0.471 e. The molecule has 33 heavy (non-hydrogen) atoms. The van der Waals surface area contributed by atoms with Gasteiger partial charge in [0.1, 0.15) is 11.5 Å². The van der Waals surface area contributed by atoms with E-state index < -0.39 is 29.9 Å². The van der Waals surface area contributed by atoms with Crippen molar-refractivity contribution in [3.8, 4) is 0 Å². The number of rotatable bonds is 6. The quantitative estimate of drug-likeness (QED) is 0.342. The number of alkyl halides is 3. The molecule has 1 fully saturated rings. The van der Waals surface area contributed by atoms with Gasteiger partial charge in [-0.2, -0.15) is 13.2 Å². The van der Waals surface area contributed by atoms with Crippen LogP contribution in [0.4, 0.5) is 13.2 Å². The number of amidine groups is 1. The highest BCUT2D eigenvalue weighted by Gasteiger charge is 2.39. The van der Waals surface area contributed by atoms with Gasteiger partial charge in [0, 0.05) is 25.8 Å². The topological polar surface area (TPSA) is 150 Å². The van der Waals surface area contributed by atoms with E-state index in [4.69, 9.17) is 15.9 Å². The minimum Gasteiger partial charge on any atom is -0.402 e. The summed E-state index contributed by atoms with van der Waals surface area (Å²) in [5.74, 6) is -3.96. The van der Waals surface area contributed by atoms with Gasteiger partial charge in [0.25, 0.3) is 11.8 Å². The molecule has 1 unspecified atom stereocenters. The van der Waals surface area contributed by atoms with Crippen LogP contribution in [0.25, 0.3) is 0 Å². The second-order valence-corrected chi connectivity index (χ2v) is 8.01. The lowest BCUT2D eigenvalue weighted by molar-refractivity contribution is -0.171. The molecule has 3 amide bonds. The molecule has 2 heterocycles. The van der Waals surface area contributed by atoms with Crippen LogP contribution < -0.4 is 16.4 Å². The minimum atomic E-state index is -5.13. The van der Waals surface area contributed by atoms with Crippen LogP contribution in [0.15, 0.2) is 28.9 Å². The van der Waals surface area contributed by atoms with Crippen LogP contribution in [0.3, 0.4) is 0 Å². The highest BCUT2D eigenvalue weighted by atomic mass is 32.1. The van der Waals surface area contributed by atoms with Crippen molar-refractivity contribution in [1.82, 2.24) is 15.5 Å². The van der Waals surface area contributed by atoms with Gasteiger partial charge in [0.2, 0.25) is 0 Å². The van der Waals surface area contributed by atoms with Crippen molar-refractivity contribution in [3.63, 3.8) is 0 Å². The van der Waals surface area contributed by atoms with Crippen LogP contribution in [-0.2, 0) is 14.3 Å². The van der Waals surface area contributed by atoms with Gasteiger partial charge in [-0.3, -0.25) is 24.8 Å². The Bertz CT molecular complexity index is 984. The third kappa shape index (κ3) is 7.12. The van der Waals surface area contributed by atoms with Crippen LogP contribution in [0.5, 0.6) is 0 Å². The van der Waals surface area contributed by atoms with Crippen molar-refractivity contribution in [2.45, 2.75) is 19.1 Å². The van der Waals surface area contributed by atoms with Crippen molar-refractivity contribution in [3.05, 3.63) is 33.7 Å². The Morgan fingerprint density at radius 1 is 1.36 bits per heavy atom. The van der Waals surface area contributed by atoms with Gasteiger partial charge in [-0.1, -0.05) is 0 Å². The van der Waals surface area contributed by atoms with Crippen molar-refractivity contribution in [2.75, 3.05) is 33.4 Å². The van der Waals surface area contributed by atoms with E-state index in [0.29, 0.717) is 12.3 Å². The SMILES string of the molecule is CN=C(C=C(C)N)C(=O)N1CCOCC1CNC(=O)c1ccc(C(=N)NC(=O)C(F)(F)F)s1. The summed E-state index contributed by atoms with van der Waals surface area (Å²) in [6, 6.07) is 2.09. The van der Waals surface area contributed by atoms with Crippen molar-refractivity contribution in [1.29, 1.82) is 5.41 Å². The zero-order chi connectivity index (χ0) is 24.8. The number of ether oxygens (including phenoxy) is 1. The summed E-state index contributed by atoms with van der Waals surface area (Å²) in [7, 11) is 1.47.